The van der Waals surface area contributed by atoms with Gasteiger partial charge >= 0.3 is 0 Å². The molecule has 0 bridgehead atoms. The summed E-state index contributed by atoms with van der Waals surface area (Å²) >= 11 is 11.9. The van der Waals surface area contributed by atoms with Crippen molar-refractivity contribution in [1.82, 2.24) is 4.57 Å². The van der Waals surface area contributed by atoms with Crippen molar-refractivity contribution >= 4 is 29.5 Å². The van der Waals surface area contributed by atoms with E-state index < -0.39 is 0 Å². The third-order valence-corrected chi connectivity index (χ3v) is 3.74. The van der Waals surface area contributed by atoms with Gasteiger partial charge in [-0.1, -0.05) is 29.3 Å². The van der Waals surface area contributed by atoms with E-state index in [1.165, 1.54) is 6.07 Å². The van der Waals surface area contributed by atoms with Gasteiger partial charge in [0, 0.05) is 6.04 Å². The van der Waals surface area contributed by atoms with E-state index in [9.17, 15) is 9.59 Å². The van der Waals surface area contributed by atoms with Gasteiger partial charge in [-0.2, -0.15) is 0 Å². The summed E-state index contributed by atoms with van der Waals surface area (Å²) < 4.78 is 1.57. The van der Waals surface area contributed by atoms with E-state index in [0.717, 1.165) is 5.56 Å². The lowest BCUT2D eigenvalue weighted by molar-refractivity contribution is 0.112. The van der Waals surface area contributed by atoms with Crippen LogP contribution in [0.25, 0.3) is 11.3 Å². The van der Waals surface area contributed by atoms with E-state index in [-0.39, 0.29) is 17.2 Å². The van der Waals surface area contributed by atoms with Crippen molar-refractivity contribution in [2.45, 2.75) is 19.9 Å². The zero-order valence-corrected chi connectivity index (χ0v) is 12.6. The Morgan fingerprint density at radius 2 is 1.80 bits per heavy atom. The molecule has 2 aromatic rings. The second-order valence-corrected chi connectivity index (χ2v) is 5.50. The molecule has 3 nitrogen and oxygen atoms in total. The molecule has 1 aromatic heterocycles. The lowest BCUT2D eigenvalue weighted by Gasteiger charge is -2.17. The monoisotopic (exact) mass is 309 g/mol. The first kappa shape index (κ1) is 14.8. The molecule has 0 aliphatic rings. The number of hydrogen-bond donors (Lipinski definition) is 0. The van der Waals surface area contributed by atoms with Crippen molar-refractivity contribution in [2.75, 3.05) is 0 Å². The Morgan fingerprint density at radius 1 is 1.10 bits per heavy atom. The summed E-state index contributed by atoms with van der Waals surface area (Å²) in [5.74, 6) is 0. The van der Waals surface area contributed by atoms with Gasteiger partial charge in [-0.3, -0.25) is 9.59 Å². The highest BCUT2D eigenvalue weighted by Crippen LogP contribution is 2.29. The molecule has 104 valence electrons. The van der Waals surface area contributed by atoms with Crippen LogP contribution in [0.3, 0.4) is 0 Å². The molecule has 0 N–H and O–H groups in total. The Hall–Kier alpha value is -1.58. The molecule has 0 saturated heterocycles. The number of carbonyl (C=O) groups excluding carboxylic acids is 1. The number of aldehydes is 1. The van der Waals surface area contributed by atoms with Crippen LogP contribution >= 0.6 is 23.2 Å². The quantitative estimate of drug-likeness (QED) is 0.796. The number of aromatic nitrogens is 1. The van der Waals surface area contributed by atoms with E-state index in [1.807, 2.05) is 13.8 Å². The van der Waals surface area contributed by atoms with Crippen LogP contribution in [0.4, 0.5) is 0 Å². The number of carbonyl (C=O) groups is 1. The zero-order valence-electron chi connectivity index (χ0n) is 11.1. The number of hydrogen-bond acceptors (Lipinski definition) is 2. The number of pyridine rings is 1. The van der Waals surface area contributed by atoms with E-state index in [0.29, 0.717) is 22.0 Å². The topological polar surface area (TPSA) is 39.1 Å². The average Bonchev–Trinajstić information content (AvgIpc) is 2.41. The zero-order chi connectivity index (χ0) is 14.9. The molecule has 2 rings (SSSR count). The SMILES string of the molecule is CC(C)n1c(-c2ccc(Cl)c(Cl)c2)ccc(C=O)c1=O. The van der Waals surface area contributed by atoms with Crippen molar-refractivity contribution in [3.63, 3.8) is 0 Å². The number of rotatable bonds is 3. The van der Waals surface area contributed by atoms with Crippen molar-refractivity contribution in [2.24, 2.45) is 0 Å². The minimum absolute atomic E-state index is 0.0770. The van der Waals surface area contributed by atoms with Crippen LogP contribution in [0.2, 0.25) is 10.0 Å². The standard InChI is InChI=1S/C15H13Cl2NO2/c1-9(2)18-14(6-4-11(8-19)15(18)20)10-3-5-12(16)13(17)7-10/h3-9H,1-2H3. The van der Waals surface area contributed by atoms with E-state index in [2.05, 4.69) is 0 Å². The van der Waals surface area contributed by atoms with E-state index in [1.54, 1.807) is 28.8 Å². The predicted molar refractivity (Wildman–Crippen MR) is 81.9 cm³/mol. The molecule has 1 heterocycles. The lowest BCUT2D eigenvalue weighted by Crippen LogP contribution is -2.26. The maximum Gasteiger partial charge on any atom is 0.261 e. The van der Waals surface area contributed by atoms with Gasteiger partial charge in [-0.05, 0) is 43.7 Å². The Bertz CT molecular complexity index is 720. The largest absolute Gasteiger partial charge is 0.305 e. The normalized spacial score (nSPS) is 10.8. The molecule has 0 atom stereocenters. The second-order valence-electron chi connectivity index (χ2n) is 4.69. The Kier molecular flexibility index (Phi) is 4.31. The molecule has 0 fully saturated rings. The van der Waals surface area contributed by atoms with Crippen molar-refractivity contribution in [3.05, 3.63) is 56.3 Å². The van der Waals surface area contributed by atoms with Gasteiger partial charge in [-0.15, -0.1) is 0 Å². The number of halogens is 2. The highest BCUT2D eigenvalue weighted by molar-refractivity contribution is 6.42. The van der Waals surface area contributed by atoms with Crippen LogP contribution in [0, 0.1) is 0 Å². The fourth-order valence-electron chi connectivity index (χ4n) is 2.06. The fraction of sp³-hybridized carbons (Fsp3) is 0.200. The van der Waals surface area contributed by atoms with Crippen molar-refractivity contribution in [1.29, 1.82) is 0 Å². The highest BCUT2D eigenvalue weighted by Gasteiger charge is 2.13. The number of nitrogens with zero attached hydrogens (tertiary/aromatic N) is 1. The molecule has 0 unspecified atom stereocenters. The molecule has 0 aliphatic carbocycles. The molecule has 20 heavy (non-hydrogen) atoms. The Labute approximate surface area is 126 Å². The minimum atomic E-state index is -0.307. The summed E-state index contributed by atoms with van der Waals surface area (Å²) in [5, 5.41) is 0.879. The summed E-state index contributed by atoms with van der Waals surface area (Å²) in [6.45, 7) is 3.77. The minimum Gasteiger partial charge on any atom is -0.305 e. The number of benzene rings is 1. The maximum absolute atomic E-state index is 12.3. The fourth-order valence-corrected chi connectivity index (χ4v) is 2.36. The van der Waals surface area contributed by atoms with Crippen molar-refractivity contribution in [3.8, 4) is 11.3 Å². The summed E-state index contributed by atoms with van der Waals surface area (Å²) in [4.78, 5) is 23.2. The Morgan fingerprint density at radius 3 is 2.35 bits per heavy atom. The molecular weight excluding hydrogens is 297 g/mol. The third kappa shape index (κ3) is 2.65. The molecule has 1 aromatic carbocycles. The molecule has 5 heteroatoms. The third-order valence-electron chi connectivity index (χ3n) is 3.00. The highest BCUT2D eigenvalue weighted by atomic mass is 35.5. The summed E-state index contributed by atoms with van der Waals surface area (Å²) in [6.07, 6.45) is 0.569. The first-order valence-corrected chi connectivity index (χ1v) is 6.87. The van der Waals surface area contributed by atoms with Crippen LogP contribution in [0.5, 0.6) is 0 Å². The maximum atomic E-state index is 12.3. The molecule has 0 amide bonds. The second kappa shape index (κ2) is 5.81. The smallest absolute Gasteiger partial charge is 0.261 e. The molecule has 0 saturated carbocycles. The van der Waals surface area contributed by atoms with Gasteiger partial charge in [0.2, 0.25) is 0 Å². The molecule has 0 aliphatic heterocycles. The Balaban J connectivity index is 2.73. The van der Waals surface area contributed by atoms with Crippen LogP contribution in [-0.4, -0.2) is 10.9 Å². The van der Waals surface area contributed by atoms with Gasteiger partial charge in [0.15, 0.2) is 6.29 Å². The van der Waals surface area contributed by atoms with Crippen molar-refractivity contribution < 1.29 is 4.79 Å². The van der Waals surface area contributed by atoms with E-state index >= 15 is 0 Å². The van der Waals surface area contributed by atoms with Crippen LogP contribution in [0.1, 0.15) is 30.2 Å². The van der Waals surface area contributed by atoms with Gasteiger partial charge in [0.1, 0.15) is 0 Å². The van der Waals surface area contributed by atoms with Crippen LogP contribution in [0.15, 0.2) is 35.1 Å². The molecule has 0 radical (unpaired) electrons. The average molecular weight is 310 g/mol. The first-order valence-electron chi connectivity index (χ1n) is 6.12. The van der Waals surface area contributed by atoms with Gasteiger partial charge in [0.25, 0.3) is 5.56 Å². The summed E-state index contributed by atoms with van der Waals surface area (Å²) in [5.41, 5.74) is 1.32. The van der Waals surface area contributed by atoms with Gasteiger partial charge < -0.3 is 4.57 Å². The summed E-state index contributed by atoms with van der Waals surface area (Å²) in [6, 6.07) is 8.37. The lowest BCUT2D eigenvalue weighted by atomic mass is 10.1. The predicted octanol–water partition coefficient (Wildman–Crippen LogP) is 4.22. The van der Waals surface area contributed by atoms with Crippen LogP contribution in [-0.2, 0) is 0 Å². The van der Waals surface area contributed by atoms with E-state index in [4.69, 9.17) is 23.2 Å². The van der Waals surface area contributed by atoms with Gasteiger partial charge in [-0.25, -0.2) is 0 Å². The van der Waals surface area contributed by atoms with Gasteiger partial charge in [0.05, 0.1) is 21.3 Å². The van der Waals surface area contributed by atoms with Crippen LogP contribution < -0.4 is 5.56 Å². The molecule has 0 spiro atoms. The first-order chi connectivity index (χ1) is 9.45. The summed E-state index contributed by atoms with van der Waals surface area (Å²) in [7, 11) is 0. The molecular formula is C15H13Cl2NO2.